The molecule has 0 radical (unpaired) electrons. The number of hydrogen-bond donors (Lipinski definition) is 2. The number of hydrogen-bond acceptors (Lipinski definition) is 5. The van der Waals surface area contributed by atoms with Crippen molar-refractivity contribution in [3.05, 3.63) is 23.6 Å². The highest BCUT2D eigenvalue weighted by Crippen LogP contribution is 2.32. The first kappa shape index (κ1) is 16.3. The smallest absolute Gasteiger partial charge is 0.198 e. The zero-order valence-electron chi connectivity index (χ0n) is 14.3. The molecule has 1 heterocycles. The Labute approximate surface area is 137 Å². The second kappa shape index (κ2) is 6.13. The van der Waals surface area contributed by atoms with E-state index in [9.17, 15) is 5.11 Å². The van der Waals surface area contributed by atoms with Gasteiger partial charge in [-0.1, -0.05) is 13.8 Å². The van der Waals surface area contributed by atoms with Gasteiger partial charge in [0.2, 0.25) is 0 Å². The highest BCUT2D eigenvalue weighted by Gasteiger charge is 2.36. The molecule has 2 aromatic rings. The van der Waals surface area contributed by atoms with E-state index in [0.29, 0.717) is 17.9 Å². The maximum Gasteiger partial charge on any atom is 0.198 e. The maximum atomic E-state index is 10.4. The van der Waals surface area contributed by atoms with Crippen LogP contribution in [-0.2, 0) is 6.54 Å². The molecule has 5 heteroatoms. The molecule has 0 aliphatic heterocycles. The molecule has 1 fully saturated rings. The van der Waals surface area contributed by atoms with Crippen LogP contribution in [0.1, 0.15) is 57.4 Å². The Hall–Kier alpha value is -1.59. The minimum absolute atomic E-state index is 0.132. The molecule has 2 atom stereocenters. The summed E-state index contributed by atoms with van der Waals surface area (Å²) in [6.07, 6.45) is 2.93. The molecule has 126 valence electrons. The first-order valence-corrected chi connectivity index (χ1v) is 8.34. The highest BCUT2D eigenvalue weighted by atomic mass is 16.5. The maximum absolute atomic E-state index is 10.4. The van der Waals surface area contributed by atoms with E-state index in [-0.39, 0.29) is 12.0 Å². The minimum atomic E-state index is -0.618. The first-order valence-electron chi connectivity index (χ1n) is 8.34. The van der Waals surface area contributed by atoms with Crippen LogP contribution in [0.25, 0.3) is 11.1 Å². The monoisotopic (exact) mass is 318 g/mol. The van der Waals surface area contributed by atoms with Gasteiger partial charge in [-0.15, -0.1) is 0 Å². The van der Waals surface area contributed by atoms with Crippen molar-refractivity contribution in [3.8, 4) is 5.75 Å². The molecule has 23 heavy (non-hydrogen) atoms. The van der Waals surface area contributed by atoms with Crippen LogP contribution >= 0.6 is 0 Å². The third-order valence-corrected chi connectivity index (χ3v) is 4.73. The van der Waals surface area contributed by atoms with E-state index in [2.05, 4.69) is 24.1 Å². The lowest BCUT2D eigenvalue weighted by Crippen LogP contribution is -2.44. The molecule has 2 N–H and O–H groups in total. The Morgan fingerprint density at radius 2 is 2.26 bits per heavy atom. The average Bonchev–Trinajstić information content (AvgIpc) is 3.07. The molecule has 3 rings (SSSR count). The van der Waals surface area contributed by atoms with Crippen LogP contribution in [-0.4, -0.2) is 28.8 Å². The highest BCUT2D eigenvalue weighted by molar-refractivity contribution is 5.80. The summed E-state index contributed by atoms with van der Waals surface area (Å²) in [5.74, 6) is 1.67. The fourth-order valence-electron chi connectivity index (χ4n) is 3.29. The van der Waals surface area contributed by atoms with E-state index in [1.807, 2.05) is 19.1 Å². The van der Waals surface area contributed by atoms with Gasteiger partial charge in [-0.05, 0) is 43.9 Å². The predicted molar refractivity (Wildman–Crippen MR) is 89.8 cm³/mol. The molecule has 1 aromatic heterocycles. The zero-order valence-corrected chi connectivity index (χ0v) is 14.3. The van der Waals surface area contributed by atoms with Crippen LogP contribution < -0.4 is 10.1 Å². The van der Waals surface area contributed by atoms with Crippen LogP contribution in [0.2, 0.25) is 0 Å². The van der Waals surface area contributed by atoms with Crippen molar-refractivity contribution >= 4 is 11.1 Å². The van der Waals surface area contributed by atoms with Crippen LogP contribution in [0.3, 0.4) is 0 Å². The van der Waals surface area contributed by atoms with Crippen LogP contribution in [0, 0.1) is 0 Å². The van der Waals surface area contributed by atoms with Crippen molar-refractivity contribution in [1.29, 1.82) is 0 Å². The topological polar surface area (TPSA) is 67.5 Å². The number of fused-ring (bicyclic) bond motifs is 1. The average molecular weight is 318 g/mol. The number of benzene rings is 1. The Bertz CT molecular complexity index is 691. The Morgan fingerprint density at radius 3 is 2.87 bits per heavy atom. The summed E-state index contributed by atoms with van der Waals surface area (Å²) in [4.78, 5) is 4.57. The van der Waals surface area contributed by atoms with E-state index in [4.69, 9.17) is 9.15 Å². The number of oxazole rings is 1. The lowest BCUT2D eigenvalue weighted by Gasteiger charge is -2.26. The van der Waals surface area contributed by atoms with E-state index in [1.54, 1.807) is 7.11 Å². The van der Waals surface area contributed by atoms with Gasteiger partial charge < -0.3 is 19.6 Å². The van der Waals surface area contributed by atoms with Gasteiger partial charge >= 0.3 is 0 Å². The van der Waals surface area contributed by atoms with Gasteiger partial charge in [0.15, 0.2) is 17.2 Å². The lowest BCUT2D eigenvalue weighted by molar-refractivity contribution is 0.0387. The van der Waals surface area contributed by atoms with Crippen molar-refractivity contribution < 1.29 is 14.3 Å². The SMILES string of the molecule is COc1cc(CNC2CCCC2(C)O)cc2nc(C(C)C)oc12. The van der Waals surface area contributed by atoms with Gasteiger partial charge in [0.1, 0.15) is 5.52 Å². The van der Waals surface area contributed by atoms with E-state index in [1.165, 1.54) is 0 Å². The minimum Gasteiger partial charge on any atom is -0.493 e. The first-order chi connectivity index (χ1) is 10.9. The molecule has 1 saturated carbocycles. The second-order valence-electron chi connectivity index (χ2n) is 7.04. The van der Waals surface area contributed by atoms with Gasteiger partial charge in [0.05, 0.1) is 12.7 Å². The van der Waals surface area contributed by atoms with Gasteiger partial charge in [-0.3, -0.25) is 0 Å². The van der Waals surface area contributed by atoms with Crippen molar-refractivity contribution in [2.45, 2.75) is 64.1 Å². The fraction of sp³-hybridized carbons (Fsp3) is 0.611. The summed E-state index contributed by atoms with van der Waals surface area (Å²) in [5, 5.41) is 13.8. The molecule has 0 amide bonds. The Morgan fingerprint density at radius 1 is 1.48 bits per heavy atom. The molecular weight excluding hydrogens is 292 g/mol. The van der Waals surface area contributed by atoms with Crippen molar-refractivity contribution in [1.82, 2.24) is 10.3 Å². The summed E-state index contributed by atoms with van der Waals surface area (Å²) in [6.45, 7) is 6.70. The van der Waals surface area contributed by atoms with E-state index in [0.717, 1.165) is 36.2 Å². The summed E-state index contributed by atoms with van der Waals surface area (Å²) in [6, 6.07) is 4.14. The molecule has 0 saturated heterocycles. The quantitative estimate of drug-likeness (QED) is 0.885. The van der Waals surface area contributed by atoms with E-state index >= 15 is 0 Å². The molecule has 2 unspecified atom stereocenters. The third kappa shape index (κ3) is 3.21. The molecule has 5 nitrogen and oxygen atoms in total. The summed E-state index contributed by atoms with van der Waals surface area (Å²) in [7, 11) is 1.64. The van der Waals surface area contributed by atoms with Crippen LogP contribution in [0.4, 0.5) is 0 Å². The van der Waals surface area contributed by atoms with Crippen molar-refractivity contribution in [3.63, 3.8) is 0 Å². The number of aliphatic hydroxyl groups is 1. The van der Waals surface area contributed by atoms with Crippen LogP contribution in [0.15, 0.2) is 16.5 Å². The number of nitrogens with one attached hydrogen (secondary N) is 1. The molecule has 1 aliphatic rings. The number of methoxy groups -OCH3 is 1. The summed E-state index contributed by atoms with van der Waals surface area (Å²) >= 11 is 0. The number of rotatable bonds is 5. The molecule has 1 aliphatic carbocycles. The zero-order chi connectivity index (χ0) is 16.6. The predicted octanol–water partition coefficient (Wildman–Crippen LogP) is 3.35. The standard InChI is InChI=1S/C18H26N2O3/c1-11(2)17-20-13-8-12(9-14(22-4)16(13)23-17)10-19-15-6-5-7-18(15,3)21/h8-9,11,15,19,21H,5-7,10H2,1-4H3. The van der Waals surface area contributed by atoms with Gasteiger partial charge in [-0.2, -0.15) is 0 Å². The largest absolute Gasteiger partial charge is 0.493 e. The van der Waals surface area contributed by atoms with E-state index < -0.39 is 5.60 Å². The summed E-state index contributed by atoms with van der Waals surface area (Å²) < 4.78 is 11.3. The van der Waals surface area contributed by atoms with Crippen molar-refractivity contribution in [2.75, 3.05) is 7.11 Å². The van der Waals surface area contributed by atoms with Gasteiger partial charge in [0.25, 0.3) is 0 Å². The number of aromatic nitrogens is 1. The number of ether oxygens (including phenoxy) is 1. The molecule has 0 spiro atoms. The molecule has 1 aromatic carbocycles. The Balaban J connectivity index is 1.83. The lowest BCUT2D eigenvalue weighted by atomic mass is 10.0. The Kier molecular flexibility index (Phi) is 4.34. The number of nitrogens with zero attached hydrogens (tertiary/aromatic N) is 1. The fourth-order valence-corrected chi connectivity index (χ4v) is 3.29. The van der Waals surface area contributed by atoms with Crippen molar-refractivity contribution in [2.24, 2.45) is 0 Å². The molecule has 0 bridgehead atoms. The second-order valence-corrected chi connectivity index (χ2v) is 7.04. The third-order valence-electron chi connectivity index (χ3n) is 4.73. The molecular formula is C18H26N2O3. The summed E-state index contributed by atoms with van der Waals surface area (Å²) in [5.41, 5.74) is 1.99. The normalized spacial score (nSPS) is 24.7. The van der Waals surface area contributed by atoms with Crippen LogP contribution in [0.5, 0.6) is 5.75 Å². The van der Waals surface area contributed by atoms with Gasteiger partial charge in [-0.25, -0.2) is 4.98 Å². The van der Waals surface area contributed by atoms with Gasteiger partial charge in [0, 0.05) is 18.5 Å².